The molecule has 0 radical (unpaired) electrons. The summed E-state index contributed by atoms with van der Waals surface area (Å²) in [6.45, 7) is 4.65. The maximum atomic E-state index is 12.2. The van der Waals surface area contributed by atoms with Crippen molar-refractivity contribution in [3.05, 3.63) is 0 Å². The van der Waals surface area contributed by atoms with Gasteiger partial charge < -0.3 is 9.38 Å². The highest BCUT2D eigenvalue weighted by molar-refractivity contribution is 7.47. The first-order valence-electron chi connectivity index (χ1n) is 11.8. The molecule has 0 saturated carbocycles. The number of quaternary nitrogens is 1. The molecule has 1 N–H and O–H groups in total. The SMILES string of the molecule is CCCCCCCCCCCCCCOP(=O)(O)OC1CCC[N+](C)(C)CC1. The van der Waals surface area contributed by atoms with E-state index in [1.165, 1.54) is 64.2 Å². The lowest BCUT2D eigenvalue weighted by atomic mass is 10.1. The van der Waals surface area contributed by atoms with Gasteiger partial charge in [0.15, 0.2) is 0 Å². The lowest BCUT2D eigenvalue weighted by molar-refractivity contribution is -0.889. The van der Waals surface area contributed by atoms with Crippen LogP contribution in [-0.2, 0) is 13.6 Å². The summed E-state index contributed by atoms with van der Waals surface area (Å²) in [5, 5.41) is 0. The molecule has 6 heteroatoms. The Balaban J connectivity index is 1.96. The maximum Gasteiger partial charge on any atom is 0.472 e. The molecular formula is C22H47NO4P+. The molecule has 1 aliphatic rings. The van der Waals surface area contributed by atoms with Crippen molar-refractivity contribution in [1.29, 1.82) is 0 Å². The molecule has 1 saturated heterocycles. The normalized spacial score (nSPS) is 21.9. The van der Waals surface area contributed by atoms with Crippen LogP contribution in [0.4, 0.5) is 0 Å². The molecule has 0 spiro atoms. The van der Waals surface area contributed by atoms with Gasteiger partial charge in [0.1, 0.15) is 0 Å². The fourth-order valence-corrected chi connectivity index (χ4v) is 4.95. The van der Waals surface area contributed by atoms with Gasteiger partial charge in [-0.25, -0.2) is 4.57 Å². The summed E-state index contributed by atoms with van der Waals surface area (Å²) >= 11 is 0. The lowest BCUT2D eigenvalue weighted by Crippen LogP contribution is -2.40. The van der Waals surface area contributed by atoms with Gasteiger partial charge in [-0.2, -0.15) is 0 Å². The molecular weight excluding hydrogens is 373 g/mol. The molecule has 0 aliphatic carbocycles. The van der Waals surface area contributed by atoms with Crippen LogP contribution in [0.5, 0.6) is 0 Å². The van der Waals surface area contributed by atoms with Crippen LogP contribution < -0.4 is 0 Å². The minimum Gasteiger partial charge on any atom is -0.328 e. The third-order valence-corrected chi connectivity index (χ3v) is 6.95. The topological polar surface area (TPSA) is 55.8 Å². The average molecular weight is 421 g/mol. The number of rotatable bonds is 16. The second-order valence-corrected chi connectivity index (χ2v) is 10.6. The average Bonchev–Trinajstić information content (AvgIpc) is 2.79. The van der Waals surface area contributed by atoms with Crippen molar-refractivity contribution in [2.75, 3.05) is 33.8 Å². The fourth-order valence-electron chi connectivity index (χ4n) is 3.94. The quantitative estimate of drug-likeness (QED) is 0.177. The Morgan fingerprint density at radius 3 is 1.96 bits per heavy atom. The largest absolute Gasteiger partial charge is 0.472 e. The van der Waals surface area contributed by atoms with Gasteiger partial charge in [0.2, 0.25) is 0 Å². The second-order valence-electron chi connectivity index (χ2n) is 9.23. The molecule has 1 rings (SSSR count). The van der Waals surface area contributed by atoms with E-state index in [4.69, 9.17) is 9.05 Å². The summed E-state index contributed by atoms with van der Waals surface area (Å²) in [7, 11) is 0.487. The zero-order valence-electron chi connectivity index (χ0n) is 18.9. The molecule has 28 heavy (non-hydrogen) atoms. The molecule has 0 aromatic heterocycles. The van der Waals surface area contributed by atoms with Gasteiger partial charge in [0, 0.05) is 6.42 Å². The van der Waals surface area contributed by atoms with Crippen LogP contribution >= 0.6 is 7.82 Å². The van der Waals surface area contributed by atoms with E-state index in [0.717, 1.165) is 49.7 Å². The number of unbranched alkanes of at least 4 members (excludes halogenated alkanes) is 11. The molecule has 0 aromatic carbocycles. The van der Waals surface area contributed by atoms with E-state index in [1.54, 1.807) is 0 Å². The van der Waals surface area contributed by atoms with Gasteiger partial charge in [-0.05, 0) is 19.3 Å². The van der Waals surface area contributed by atoms with Crippen molar-refractivity contribution in [3.8, 4) is 0 Å². The van der Waals surface area contributed by atoms with Crippen LogP contribution in [-0.4, -0.2) is 49.3 Å². The van der Waals surface area contributed by atoms with E-state index in [0.29, 0.717) is 6.61 Å². The molecule has 0 bridgehead atoms. The van der Waals surface area contributed by atoms with Crippen LogP contribution in [0.1, 0.15) is 103 Å². The van der Waals surface area contributed by atoms with Crippen molar-refractivity contribution in [3.63, 3.8) is 0 Å². The molecule has 168 valence electrons. The molecule has 2 atom stereocenters. The van der Waals surface area contributed by atoms with Crippen LogP contribution in [0.25, 0.3) is 0 Å². The van der Waals surface area contributed by atoms with Crippen molar-refractivity contribution >= 4 is 7.82 Å². The number of likely N-dealkylation sites (tertiary alicyclic amines) is 1. The number of hydrogen-bond acceptors (Lipinski definition) is 3. The van der Waals surface area contributed by atoms with Crippen molar-refractivity contribution < 1.29 is 23.0 Å². The van der Waals surface area contributed by atoms with Gasteiger partial charge in [-0.15, -0.1) is 0 Å². The second kappa shape index (κ2) is 15.0. The highest BCUT2D eigenvalue weighted by Crippen LogP contribution is 2.46. The van der Waals surface area contributed by atoms with Crippen LogP contribution in [0, 0.1) is 0 Å². The number of phosphoric ester groups is 1. The van der Waals surface area contributed by atoms with Gasteiger partial charge in [-0.1, -0.05) is 77.6 Å². The predicted octanol–water partition coefficient (Wildman–Crippen LogP) is 6.45. The molecule has 0 amide bonds. The Morgan fingerprint density at radius 1 is 0.857 bits per heavy atom. The van der Waals surface area contributed by atoms with E-state index in [-0.39, 0.29) is 6.10 Å². The Kier molecular flexibility index (Phi) is 13.9. The van der Waals surface area contributed by atoms with E-state index in [1.807, 2.05) is 0 Å². The maximum absolute atomic E-state index is 12.2. The lowest BCUT2D eigenvalue weighted by Gasteiger charge is -2.27. The molecule has 0 aromatic rings. The predicted molar refractivity (Wildman–Crippen MR) is 117 cm³/mol. The standard InChI is InChI=1S/C22H46NO4P/c1-4-5-6-7-8-9-10-11-12-13-14-15-21-26-28(24,25)27-22-17-16-19-23(2,3)20-18-22/h22H,4-21H2,1-3H3/p+1. The van der Waals surface area contributed by atoms with Gasteiger partial charge >= 0.3 is 7.82 Å². The number of hydrogen-bond donors (Lipinski definition) is 1. The third kappa shape index (κ3) is 14.1. The minimum absolute atomic E-state index is 0.155. The molecule has 1 fully saturated rings. The zero-order valence-corrected chi connectivity index (χ0v) is 19.8. The van der Waals surface area contributed by atoms with Crippen molar-refractivity contribution in [2.45, 2.75) is 109 Å². The van der Waals surface area contributed by atoms with Crippen molar-refractivity contribution in [2.24, 2.45) is 0 Å². The minimum atomic E-state index is -3.91. The van der Waals surface area contributed by atoms with Crippen LogP contribution in [0.2, 0.25) is 0 Å². The van der Waals surface area contributed by atoms with Crippen molar-refractivity contribution in [1.82, 2.24) is 0 Å². The summed E-state index contributed by atoms with van der Waals surface area (Å²) in [6, 6.07) is 0. The van der Waals surface area contributed by atoms with Gasteiger partial charge in [0.25, 0.3) is 0 Å². The first kappa shape index (κ1) is 26.1. The van der Waals surface area contributed by atoms with E-state index in [2.05, 4.69) is 21.0 Å². The molecule has 1 heterocycles. The highest BCUT2D eigenvalue weighted by atomic mass is 31.2. The van der Waals surface area contributed by atoms with Gasteiger partial charge in [-0.3, -0.25) is 9.05 Å². The van der Waals surface area contributed by atoms with E-state index >= 15 is 0 Å². The zero-order chi connectivity index (χ0) is 20.7. The summed E-state index contributed by atoms with van der Waals surface area (Å²) in [4.78, 5) is 9.97. The van der Waals surface area contributed by atoms with E-state index < -0.39 is 7.82 Å². The summed E-state index contributed by atoms with van der Waals surface area (Å²) < 4.78 is 23.8. The Labute approximate surface area is 174 Å². The first-order valence-corrected chi connectivity index (χ1v) is 13.3. The highest BCUT2D eigenvalue weighted by Gasteiger charge is 2.30. The summed E-state index contributed by atoms with van der Waals surface area (Å²) in [5.74, 6) is 0. The molecule has 2 unspecified atom stereocenters. The molecule has 5 nitrogen and oxygen atoms in total. The molecule has 1 aliphatic heterocycles. The van der Waals surface area contributed by atoms with Crippen LogP contribution in [0.15, 0.2) is 0 Å². The smallest absolute Gasteiger partial charge is 0.328 e. The van der Waals surface area contributed by atoms with Gasteiger partial charge in [0.05, 0.1) is 39.9 Å². The fraction of sp³-hybridized carbons (Fsp3) is 1.00. The Bertz CT molecular complexity index is 431. The first-order chi connectivity index (χ1) is 13.3. The Morgan fingerprint density at radius 2 is 1.39 bits per heavy atom. The Hall–Kier alpha value is 0.0700. The van der Waals surface area contributed by atoms with E-state index in [9.17, 15) is 9.46 Å². The van der Waals surface area contributed by atoms with Crippen LogP contribution in [0.3, 0.4) is 0 Å². The summed E-state index contributed by atoms with van der Waals surface area (Å²) in [5.41, 5.74) is 0. The monoisotopic (exact) mass is 420 g/mol. The third-order valence-electron chi connectivity index (χ3n) is 5.88. The number of phosphoric acid groups is 1. The summed E-state index contributed by atoms with van der Waals surface area (Å²) in [6.07, 6.45) is 17.8. The number of nitrogens with zero attached hydrogens (tertiary/aromatic N) is 1.